The molecule has 0 aromatic heterocycles. The molecule has 0 amide bonds. The van der Waals surface area contributed by atoms with E-state index in [1.807, 2.05) is 30.3 Å². The van der Waals surface area contributed by atoms with Gasteiger partial charge in [-0.1, -0.05) is 40.1 Å². The van der Waals surface area contributed by atoms with Crippen LogP contribution in [0.3, 0.4) is 0 Å². The quantitative estimate of drug-likeness (QED) is 0.345. The Balaban J connectivity index is 1.85. The van der Waals surface area contributed by atoms with E-state index in [1.165, 1.54) is 11.8 Å². The van der Waals surface area contributed by atoms with Gasteiger partial charge in [0.05, 0.1) is 6.21 Å². The van der Waals surface area contributed by atoms with Crippen molar-refractivity contribution < 1.29 is 14.7 Å². The summed E-state index contributed by atoms with van der Waals surface area (Å²) in [4.78, 5) is 0. The molecule has 0 saturated heterocycles. The Bertz CT molecular complexity index is 626. The van der Waals surface area contributed by atoms with Gasteiger partial charge >= 0.3 is 0 Å². The van der Waals surface area contributed by atoms with Gasteiger partial charge in [0.1, 0.15) is 24.7 Å². The van der Waals surface area contributed by atoms with Crippen molar-refractivity contribution in [1.82, 2.24) is 0 Å². The second kappa shape index (κ2) is 8.44. The van der Waals surface area contributed by atoms with Gasteiger partial charge in [-0.25, -0.2) is 0 Å². The summed E-state index contributed by atoms with van der Waals surface area (Å²) in [5.41, 5.74) is 1.98. The summed E-state index contributed by atoms with van der Waals surface area (Å²) < 4.78 is 12.2. The van der Waals surface area contributed by atoms with E-state index in [2.05, 4.69) is 40.1 Å². The van der Waals surface area contributed by atoms with Crippen molar-refractivity contribution in [1.29, 1.82) is 0 Å². The Morgan fingerprint density at radius 3 is 2.50 bits per heavy atom. The van der Waals surface area contributed by atoms with Gasteiger partial charge in [0.25, 0.3) is 0 Å². The number of hydrogen-bond acceptors (Lipinski definition) is 4. The highest BCUT2D eigenvalue weighted by molar-refractivity contribution is 9.10. The molecule has 2 aromatic carbocycles. The van der Waals surface area contributed by atoms with Crippen LogP contribution in [0.25, 0.3) is 0 Å². The minimum absolute atomic E-state index is 0.406. The fourth-order valence-electron chi connectivity index (χ4n) is 1.95. The lowest BCUT2D eigenvalue weighted by atomic mass is 10.2. The van der Waals surface area contributed by atoms with Crippen molar-refractivity contribution in [2.75, 3.05) is 13.2 Å². The molecule has 2 aromatic rings. The van der Waals surface area contributed by atoms with E-state index in [0.717, 1.165) is 16.6 Å². The third kappa shape index (κ3) is 4.77. The third-order valence-corrected chi connectivity index (χ3v) is 3.60. The Morgan fingerprint density at radius 2 is 1.82 bits per heavy atom. The summed E-state index contributed by atoms with van der Waals surface area (Å²) in [5, 5.41) is 11.7. The van der Waals surface area contributed by atoms with Crippen molar-refractivity contribution in [2.24, 2.45) is 5.16 Å². The predicted molar refractivity (Wildman–Crippen MR) is 90.3 cm³/mol. The molecule has 5 heteroatoms. The van der Waals surface area contributed by atoms with Gasteiger partial charge in [-0.15, -0.1) is 0 Å². The maximum absolute atomic E-state index is 8.67. The average Bonchev–Trinajstić information content (AvgIpc) is 2.54. The van der Waals surface area contributed by atoms with Crippen molar-refractivity contribution >= 4 is 22.1 Å². The second-order valence-electron chi connectivity index (χ2n) is 4.62. The van der Waals surface area contributed by atoms with Gasteiger partial charge in [0.15, 0.2) is 0 Å². The smallest absolute Gasteiger partial charge is 0.128 e. The van der Waals surface area contributed by atoms with E-state index in [-0.39, 0.29) is 0 Å². The van der Waals surface area contributed by atoms with Gasteiger partial charge in [0.2, 0.25) is 0 Å². The van der Waals surface area contributed by atoms with Gasteiger partial charge in [-0.05, 0) is 42.3 Å². The lowest BCUT2D eigenvalue weighted by molar-refractivity contribution is 0.217. The number of ether oxygens (including phenoxy) is 2. The first kappa shape index (κ1) is 16.4. The lowest BCUT2D eigenvalue weighted by Gasteiger charge is -2.10. The molecular weight excluding hydrogens is 346 g/mol. The molecule has 2 rings (SSSR count). The molecule has 1 N–H and O–H groups in total. The average molecular weight is 364 g/mol. The Kier molecular flexibility index (Phi) is 6.27. The van der Waals surface area contributed by atoms with Crippen LogP contribution in [0.1, 0.15) is 18.1 Å². The van der Waals surface area contributed by atoms with Gasteiger partial charge in [-0.2, -0.15) is 0 Å². The number of aryl methyl sites for hydroxylation is 1. The Hall–Kier alpha value is -2.01. The van der Waals surface area contributed by atoms with Crippen LogP contribution >= 0.6 is 15.9 Å². The van der Waals surface area contributed by atoms with Gasteiger partial charge < -0.3 is 14.7 Å². The minimum atomic E-state index is 0.406. The van der Waals surface area contributed by atoms with Crippen LogP contribution < -0.4 is 9.47 Å². The molecule has 0 atom stereocenters. The molecule has 0 aliphatic rings. The maximum Gasteiger partial charge on any atom is 0.128 e. The first-order valence-electron chi connectivity index (χ1n) is 7.04. The van der Waals surface area contributed by atoms with E-state index >= 15 is 0 Å². The SMILES string of the molecule is CCc1ccc(OCCOc2ccc(Br)cc2C=NO)cc1. The molecule has 0 radical (unpaired) electrons. The van der Waals surface area contributed by atoms with E-state index < -0.39 is 0 Å². The molecule has 0 aliphatic carbocycles. The molecule has 22 heavy (non-hydrogen) atoms. The Morgan fingerprint density at radius 1 is 1.09 bits per heavy atom. The zero-order valence-electron chi connectivity index (χ0n) is 12.3. The number of benzene rings is 2. The number of hydrogen-bond donors (Lipinski definition) is 1. The van der Waals surface area contributed by atoms with Crippen LogP contribution in [-0.2, 0) is 6.42 Å². The fourth-order valence-corrected chi connectivity index (χ4v) is 2.33. The first-order chi connectivity index (χ1) is 10.7. The van der Waals surface area contributed by atoms with Gasteiger partial charge in [-0.3, -0.25) is 0 Å². The number of oxime groups is 1. The largest absolute Gasteiger partial charge is 0.490 e. The van der Waals surface area contributed by atoms with Crippen LogP contribution in [0.4, 0.5) is 0 Å². The summed E-state index contributed by atoms with van der Waals surface area (Å²) in [6.45, 7) is 2.97. The molecule has 0 aliphatic heterocycles. The lowest BCUT2D eigenvalue weighted by Crippen LogP contribution is -2.10. The molecule has 0 fully saturated rings. The molecule has 0 heterocycles. The fraction of sp³-hybridized carbons (Fsp3) is 0.235. The van der Waals surface area contributed by atoms with Crippen molar-refractivity contribution in [3.8, 4) is 11.5 Å². The highest BCUT2D eigenvalue weighted by Crippen LogP contribution is 2.22. The Labute approximate surface area is 138 Å². The molecule has 0 saturated carbocycles. The van der Waals surface area contributed by atoms with Crippen LogP contribution in [0, 0.1) is 0 Å². The summed E-state index contributed by atoms with van der Waals surface area (Å²) >= 11 is 3.37. The highest BCUT2D eigenvalue weighted by Gasteiger charge is 2.03. The van der Waals surface area contributed by atoms with E-state index in [0.29, 0.717) is 24.5 Å². The van der Waals surface area contributed by atoms with Crippen LogP contribution in [-0.4, -0.2) is 24.6 Å². The molecule has 0 bridgehead atoms. The zero-order valence-corrected chi connectivity index (χ0v) is 13.9. The van der Waals surface area contributed by atoms with Crippen molar-refractivity contribution in [3.05, 3.63) is 58.1 Å². The van der Waals surface area contributed by atoms with Crippen molar-refractivity contribution in [2.45, 2.75) is 13.3 Å². The molecule has 116 valence electrons. The number of halogens is 1. The maximum atomic E-state index is 8.67. The van der Waals surface area contributed by atoms with Gasteiger partial charge in [0, 0.05) is 10.0 Å². The summed E-state index contributed by atoms with van der Waals surface area (Å²) in [6.07, 6.45) is 2.35. The summed E-state index contributed by atoms with van der Waals surface area (Å²) in [7, 11) is 0. The van der Waals surface area contributed by atoms with Crippen molar-refractivity contribution in [3.63, 3.8) is 0 Å². The van der Waals surface area contributed by atoms with Crippen LogP contribution in [0.15, 0.2) is 52.1 Å². The topological polar surface area (TPSA) is 51.0 Å². The zero-order chi connectivity index (χ0) is 15.8. The van der Waals surface area contributed by atoms with E-state index in [4.69, 9.17) is 14.7 Å². The van der Waals surface area contributed by atoms with Crippen LogP contribution in [0.5, 0.6) is 11.5 Å². The normalized spacial score (nSPS) is 10.8. The predicted octanol–water partition coefficient (Wildman–Crippen LogP) is 4.28. The van der Waals surface area contributed by atoms with Crippen LogP contribution in [0.2, 0.25) is 0 Å². The standard InChI is InChI=1S/C17H18BrNO3/c1-2-13-3-6-16(7-4-13)21-9-10-22-17-8-5-15(18)11-14(17)12-19-20/h3-8,11-12,20H,2,9-10H2,1H3. The third-order valence-electron chi connectivity index (χ3n) is 3.11. The minimum Gasteiger partial charge on any atom is -0.490 e. The molecule has 0 spiro atoms. The summed E-state index contributed by atoms with van der Waals surface area (Å²) in [6, 6.07) is 13.5. The van der Waals surface area contributed by atoms with E-state index in [1.54, 1.807) is 0 Å². The molecule has 0 unspecified atom stereocenters. The summed E-state index contributed by atoms with van der Waals surface area (Å²) in [5.74, 6) is 1.47. The number of rotatable bonds is 7. The molecule has 4 nitrogen and oxygen atoms in total. The molecular formula is C17H18BrNO3. The number of nitrogens with zero attached hydrogens (tertiary/aromatic N) is 1. The monoisotopic (exact) mass is 363 g/mol. The van der Waals surface area contributed by atoms with E-state index in [9.17, 15) is 0 Å². The first-order valence-corrected chi connectivity index (χ1v) is 7.83. The second-order valence-corrected chi connectivity index (χ2v) is 5.54. The highest BCUT2D eigenvalue weighted by atomic mass is 79.9.